The molecule has 0 saturated carbocycles. The van der Waals surface area contributed by atoms with Gasteiger partial charge >= 0.3 is 23.0 Å². The smallest absolute Gasteiger partial charge is 0.422 e. The van der Waals surface area contributed by atoms with E-state index in [2.05, 4.69) is 0 Å². The van der Waals surface area contributed by atoms with Crippen molar-refractivity contribution in [2.24, 2.45) is 0 Å². The molecule has 0 unspecified atom stereocenters. The lowest BCUT2D eigenvalue weighted by atomic mass is 10.1. The number of carbonyl (C=O) groups is 1. The van der Waals surface area contributed by atoms with Gasteiger partial charge in [-0.25, -0.2) is 4.79 Å². The van der Waals surface area contributed by atoms with E-state index in [0.717, 1.165) is 0 Å². The SMILES string of the molecule is O=C(O)c1cc([N+](=O)[O-])c([N+](=O)[O-])c([N+](=O)[O-])c1. The van der Waals surface area contributed by atoms with E-state index < -0.39 is 43.4 Å². The summed E-state index contributed by atoms with van der Waals surface area (Å²) in [6, 6.07) is 0.793. The summed E-state index contributed by atoms with van der Waals surface area (Å²) < 4.78 is 0. The fourth-order valence-corrected chi connectivity index (χ4v) is 1.19. The monoisotopic (exact) mass is 257 g/mol. The first-order valence-corrected chi connectivity index (χ1v) is 4.10. The average molecular weight is 257 g/mol. The number of aromatic carboxylic acids is 1. The van der Waals surface area contributed by atoms with Crippen LogP contribution in [-0.4, -0.2) is 25.8 Å². The van der Waals surface area contributed by atoms with Crippen molar-refractivity contribution in [2.75, 3.05) is 0 Å². The molecule has 0 heterocycles. The van der Waals surface area contributed by atoms with Gasteiger partial charge in [-0.15, -0.1) is 0 Å². The molecule has 1 rings (SSSR count). The third kappa shape index (κ3) is 2.18. The fraction of sp³-hybridized carbons (Fsp3) is 0. The van der Waals surface area contributed by atoms with Crippen molar-refractivity contribution in [3.8, 4) is 0 Å². The summed E-state index contributed by atoms with van der Waals surface area (Å²) in [7, 11) is 0. The van der Waals surface area contributed by atoms with Crippen LogP contribution in [0, 0.1) is 30.3 Å². The molecular formula is C7H3N3O8. The number of nitrogens with zero attached hydrogens (tertiary/aromatic N) is 3. The lowest BCUT2D eigenvalue weighted by Crippen LogP contribution is -2.05. The molecule has 0 aliphatic rings. The number of rotatable bonds is 4. The van der Waals surface area contributed by atoms with Crippen molar-refractivity contribution in [2.45, 2.75) is 0 Å². The molecule has 0 atom stereocenters. The molecule has 0 fully saturated rings. The van der Waals surface area contributed by atoms with Crippen molar-refractivity contribution in [1.82, 2.24) is 0 Å². The molecule has 0 bridgehead atoms. The Morgan fingerprint density at radius 1 is 0.944 bits per heavy atom. The third-order valence-corrected chi connectivity index (χ3v) is 1.89. The van der Waals surface area contributed by atoms with Gasteiger partial charge in [-0.05, 0) is 0 Å². The number of benzene rings is 1. The molecule has 1 aromatic rings. The predicted octanol–water partition coefficient (Wildman–Crippen LogP) is 1.11. The van der Waals surface area contributed by atoms with E-state index in [-0.39, 0.29) is 0 Å². The molecule has 1 N–H and O–H groups in total. The standard InChI is InChI=1S/C7H3N3O8/c11-7(12)3-1-4(8(13)14)6(10(17)18)5(2-3)9(15)16/h1-2H,(H,11,12). The van der Waals surface area contributed by atoms with Crippen LogP contribution in [-0.2, 0) is 0 Å². The molecule has 18 heavy (non-hydrogen) atoms. The molecule has 0 aromatic heterocycles. The van der Waals surface area contributed by atoms with E-state index in [1.807, 2.05) is 0 Å². The molecule has 0 aliphatic heterocycles. The molecule has 0 spiro atoms. The van der Waals surface area contributed by atoms with Crippen LogP contribution in [0.3, 0.4) is 0 Å². The van der Waals surface area contributed by atoms with Crippen molar-refractivity contribution in [3.05, 3.63) is 48.0 Å². The number of carboxylic acid groups (broad SMARTS) is 1. The topological polar surface area (TPSA) is 167 Å². The second-order valence-electron chi connectivity index (χ2n) is 2.94. The van der Waals surface area contributed by atoms with Crippen LogP contribution >= 0.6 is 0 Å². The van der Waals surface area contributed by atoms with E-state index in [9.17, 15) is 35.1 Å². The normalized spacial score (nSPS) is 9.78. The second-order valence-corrected chi connectivity index (χ2v) is 2.94. The largest absolute Gasteiger partial charge is 0.478 e. The van der Waals surface area contributed by atoms with Gasteiger partial charge in [-0.2, -0.15) is 0 Å². The zero-order valence-electron chi connectivity index (χ0n) is 8.30. The van der Waals surface area contributed by atoms with Crippen LogP contribution in [0.4, 0.5) is 17.1 Å². The van der Waals surface area contributed by atoms with Gasteiger partial charge in [-0.1, -0.05) is 0 Å². The number of hydrogen-bond acceptors (Lipinski definition) is 7. The summed E-state index contributed by atoms with van der Waals surface area (Å²) in [6.45, 7) is 0. The predicted molar refractivity (Wildman–Crippen MR) is 53.4 cm³/mol. The lowest BCUT2D eigenvalue weighted by Gasteiger charge is -1.99. The highest BCUT2D eigenvalue weighted by Gasteiger charge is 2.37. The minimum absolute atomic E-state index is 0.396. The summed E-state index contributed by atoms with van der Waals surface area (Å²) in [5.41, 5.74) is -4.62. The third-order valence-electron chi connectivity index (χ3n) is 1.89. The number of nitro benzene ring substituents is 3. The van der Waals surface area contributed by atoms with Crippen molar-refractivity contribution < 1.29 is 24.7 Å². The number of nitro groups is 3. The molecule has 0 saturated heterocycles. The molecule has 1 aromatic carbocycles. The van der Waals surface area contributed by atoms with Crippen LogP contribution in [0.25, 0.3) is 0 Å². The Bertz CT molecular complexity index is 545. The highest BCUT2D eigenvalue weighted by Crippen LogP contribution is 2.37. The maximum absolute atomic E-state index is 10.6. The van der Waals surface area contributed by atoms with Gasteiger partial charge < -0.3 is 5.11 Å². The number of hydrogen-bond donors (Lipinski definition) is 1. The molecule has 0 amide bonds. The summed E-state index contributed by atoms with van der Waals surface area (Å²) in [4.78, 5) is 38.5. The maximum Gasteiger partial charge on any atom is 0.422 e. The van der Waals surface area contributed by atoms with E-state index in [0.29, 0.717) is 12.1 Å². The van der Waals surface area contributed by atoms with E-state index in [1.165, 1.54) is 0 Å². The molecule has 11 nitrogen and oxygen atoms in total. The minimum atomic E-state index is -1.67. The number of carboxylic acids is 1. The van der Waals surface area contributed by atoms with Crippen molar-refractivity contribution in [3.63, 3.8) is 0 Å². The van der Waals surface area contributed by atoms with E-state index >= 15 is 0 Å². The van der Waals surface area contributed by atoms with Gasteiger partial charge in [0.05, 0.1) is 20.3 Å². The van der Waals surface area contributed by atoms with Gasteiger partial charge in [0, 0.05) is 12.1 Å². The summed E-state index contributed by atoms with van der Waals surface area (Å²) in [6.07, 6.45) is 0. The zero-order chi connectivity index (χ0) is 14.0. The van der Waals surface area contributed by atoms with Crippen LogP contribution in [0.15, 0.2) is 12.1 Å². The Hall–Kier alpha value is -3.11. The Morgan fingerprint density at radius 2 is 1.33 bits per heavy atom. The fourth-order valence-electron chi connectivity index (χ4n) is 1.19. The van der Waals surface area contributed by atoms with Crippen molar-refractivity contribution in [1.29, 1.82) is 0 Å². The Kier molecular flexibility index (Phi) is 3.17. The van der Waals surface area contributed by atoms with Gasteiger partial charge in [0.1, 0.15) is 0 Å². The zero-order valence-corrected chi connectivity index (χ0v) is 8.30. The van der Waals surface area contributed by atoms with Gasteiger partial charge in [-0.3, -0.25) is 30.3 Å². The Labute approximate surface area is 96.7 Å². The Balaban J connectivity index is 3.76. The molecule has 0 aliphatic carbocycles. The quantitative estimate of drug-likeness (QED) is 0.617. The second kappa shape index (κ2) is 4.40. The Morgan fingerprint density at radius 3 is 1.56 bits per heavy atom. The lowest BCUT2D eigenvalue weighted by molar-refractivity contribution is -0.441. The van der Waals surface area contributed by atoms with E-state index in [1.54, 1.807) is 0 Å². The minimum Gasteiger partial charge on any atom is -0.478 e. The first-order valence-electron chi connectivity index (χ1n) is 4.10. The average Bonchev–Trinajstić information content (AvgIpc) is 2.26. The van der Waals surface area contributed by atoms with Gasteiger partial charge in [0.2, 0.25) is 0 Å². The van der Waals surface area contributed by atoms with Crippen molar-refractivity contribution >= 4 is 23.0 Å². The van der Waals surface area contributed by atoms with E-state index in [4.69, 9.17) is 5.11 Å². The summed E-state index contributed by atoms with van der Waals surface area (Å²) in [5.74, 6) is -1.67. The molecular weight excluding hydrogens is 254 g/mol. The molecule has 0 radical (unpaired) electrons. The van der Waals surface area contributed by atoms with Crippen LogP contribution in [0.1, 0.15) is 10.4 Å². The van der Waals surface area contributed by atoms with Gasteiger partial charge in [0.25, 0.3) is 0 Å². The molecule has 94 valence electrons. The highest BCUT2D eigenvalue weighted by atomic mass is 16.6. The highest BCUT2D eigenvalue weighted by molar-refractivity contribution is 5.91. The van der Waals surface area contributed by atoms with Crippen LogP contribution in [0.2, 0.25) is 0 Å². The first-order chi connectivity index (χ1) is 8.25. The molecule has 11 heteroatoms. The summed E-state index contributed by atoms with van der Waals surface area (Å²) in [5, 5.41) is 40.3. The van der Waals surface area contributed by atoms with Crippen LogP contribution < -0.4 is 0 Å². The maximum atomic E-state index is 10.6. The first kappa shape index (κ1) is 13.0. The van der Waals surface area contributed by atoms with Crippen LogP contribution in [0.5, 0.6) is 0 Å². The summed E-state index contributed by atoms with van der Waals surface area (Å²) >= 11 is 0. The van der Waals surface area contributed by atoms with Gasteiger partial charge in [0.15, 0.2) is 0 Å².